The van der Waals surface area contributed by atoms with Gasteiger partial charge in [-0.3, -0.25) is 10.1 Å². The van der Waals surface area contributed by atoms with Crippen LogP contribution >= 0.6 is 22.9 Å². The Morgan fingerprint density at radius 1 is 1.00 bits per heavy atom. The first-order chi connectivity index (χ1) is 14.6. The van der Waals surface area contributed by atoms with E-state index in [2.05, 4.69) is 33.1 Å². The minimum Gasteiger partial charge on any atom is -0.356 e. The summed E-state index contributed by atoms with van der Waals surface area (Å²) in [7, 11) is 0. The number of thiazole rings is 1. The molecule has 2 aromatic carbocycles. The van der Waals surface area contributed by atoms with Gasteiger partial charge in [0.05, 0.1) is 5.69 Å². The Kier molecular flexibility index (Phi) is 8.23. The normalized spacial score (nSPS) is 10.4. The summed E-state index contributed by atoms with van der Waals surface area (Å²) in [6.07, 6.45) is 2.74. The summed E-state index contributed by atoms with van der Waals surface area (Å²) in [5, 5.41) is 11.2. The molecule has 3 amide bonds. The summed E-state index contributed by atoms with van der Waals surface area (Å²) in [5.41, 5.74) is 2.65. The zero-order chi connectivity index (χ0) is 21.2. The molecule has 0 atom stereocenters. The van der Waals surface area contributed by atoms with E-state index in [1.54, 1.807) is 24.3 Å². The van der Waals surface area contributed by atoms with Gasteiger partial charge in [0.25, 0.3) is 0 Å². The molecular formula is C22H23ClN4O2S. The van der Waals surface area contributed by atoms with Gasteiger partial charge < -0.3 is 10.6 Å². The number of carbonyl (C=O) groups excluding carboxylic acids is 2. The molecule has 1 aromatic heterocycles. The van der Waals surface area contributed by atoms with Crippen LogP contribution in [0.2, 0.25) is 5.02 Å². The van der Waals surface area contributed by atoms with E-state index in [1.165, 1.54) is 16.9 Å². The second-order valence-electron chi connectivity index (χ2n) is 6.67. The summed E-state index contributed by atoms with van der Waals surface area (Å²) in [4.78, 5) is 28.4. The van der Waals surface area contributed by atoms with E-state index in [1.807, 2.05) is 23.6 Å². The number of hydrogen-bond acceptors (Lipinski definition) is 4. The Hall–Kier alpha value is -2.90. The van der Waals surface area contributed by atoms with Crippen LogP contribution in [0.3, 0.4) is 0 Å². The third-order valence-electron chi connectivity index (χ3n) is 4.27. The monoisotopic (exact) mass is 442 g/mol. The lowest BCUT2D eigenvalue weighted by Gasteiger charge is -2.05. The van der Waals surface area contributed by atoms with Gasteiger partial charge in [-0.1, -0.05) is 48.0 Å². The lowest BCUT2D eigenvalue weighted by Crippen LogP contribution is -2.25. The van der Waals surface area contributed by atoms with Crippen molar-refractivity contribution in [2.75, 3.05) is 17.2 Å². The maximum Gasteiger partial charge on any atom is 0.325 e. The highest BCUT2D eigenvalue weighted by atomic mass is 35.5. The Labute approximate surface area is 184 Å². The average molecular weight is 443 g/mol. The van der Waals surface area contributed by atoms with Gasteiger partial charge in [-0.25, -0.2) is 9.78 Å². The van der Waals surface area contributed by atoms with Crippen molar-refractivity contribution in [1.82, 2.24) is 10.3 Å². The van der Waals surface area contributed by atoms with Crippen molar-refractivity contribution < 1.29 is 9.59 Å². The van der Waals surface area contributed by atoms with E-state index >= 15 is 0 Å². The van der Waals surface area contributed by atoms with E-state index < -0.39 is 6.03 Å². The molecule has 0 fully saturated rings. The van der Waals surface area contributed by atoms with Crippen LogP contribution in [0.25, 0.3) is 0 Å². The largest absolute Gasteiger partial charge is 0.356 e. The predicted octanol–water partition coefficient (Wildman–Crippen LogP) is 5.12. The molecule has 3 aromatic rings. The molecule has 0 radical (unpaired) electrons. The van der Waals surface area contributed by atoms with Crippen LogP contribution in [-0.4, -0.2) is 23.5 Å². The number of benzene rings is 2. The number of aryl methyl sites for hydroxylation is 2. The molecule has 1 heterocycles. The van der Waals surface area contributed by atoms with Crippen LogP contribution in [0.1, 0.15) is 24.1 Å². The topological polar surface area (TPSA) is 83.1 Å². The summed E-state index contributed by atoms with van der Waals surface area (Å²) in [5.74, 6) is 0.00395. The van der Waals surface area contributed by atoms with Crippen LogP contribution in [0.15, 0.2) is 60.0 Å². The Bertz CT molecular complexity index is 978. The van der Waals surface area contributed by atoms with Crippen molar-refractivity contribution in [3.8, 4) is 0 Å². The molecule has 3 rings (SSSR count). The minimum absolute atomic E-state index is 0.00395. The number of rotatable bonds is 9. The van der Waals surface area contributed by atoms with Crippen molar-refractivity contribution in [2.45, 2.75) is 25.7 Å². The number of aromatic nitrogens is 1. The van der Waals surface area contributed by atoms with Crippen molar-refractivity contribution in [2.24, 2.45) is 0 Å². The zero-order valence-electron chi connectivity index (χ0n) is 16.4. The van der Waals surface area contributed by atoms with Crippen LogP contribution in [0.5, 0.6) is 0 Å². The Balaban J connectivity index is 1.34. The molecule has 3 N–H and O–H groups in total. The molecule has 0 aliphatic heterocycles. The third kappa shape index (κ3) is 7.50. The van der Waals surface area contributed by atoms with E-state index in [4.69, 9.17) is 11.6 Å². The number of nitrogens with zero attached hydrogens (tertiary/aromatic N) is 1. The van der Waals surface area contributed by atoms with Gasteiger partial charge in [0.2, 0.25) is 5.91 Å². The minimum atomic E-state index is -0.394. The van der Waals surface area contributed by atoms with Gasteiger partial charge in [-0.2, -0.15) is 0 Å². The quantitative estimate of drug-likeness (QED) is 0.402. The Morgan fingerprint density at radius 2 is 1.83 bits per heavy atom. The van der Waals surface area contributed by atoms with E-state index in [-0.39, 0.29) is 5.91 Å². The van der Waals surface area contributed by atoms with Gasteiger partial charge >= 0.3 is 6.03 Å². The first kappa shape index (κ1) is 21.8. The molecule has 8 heteroatoms. The molecule has 156 valence electrons. The van der Waals surface area contributed by atoms with Crippen LogP contribution in [-0.2, 0) is 17.6 Å². The van der Waals surface area contributed by atoms with Crippen LogP contribution in [0.4, 0.5) is 15.6 Å². The third-order valence-corrected chi connectivity index (χ3v) is 5.31. The Morgan fingerprint density at radius 3 is 2.63 bits per heavy atom. The van der Waals surface area contributed by atoms with Gasteiger partial charge in [0, 0.05) is 29.1 Å². The second-order valence-corrected chi connectivity index (χ2v) is 7.97. The molecule has 30 heavy (non-hydrogen) atoms. The van der Waals surface area contributed by atoms with Crippen molar-refractivity contribution in [3.05, 3.63) is 76.3 Å². The number of nitrogens with one attached hydrogen (secondary N) is 3. The summed E-state index contributed by atoms with van der Waals surface area (Å²) < 4.78 is 0. The molecule has 0 unspecified atom stereocenters. The second kappa shape index (κ2) is 11.3. The summed E-state index contributed by atoms with van der Waals surface area (Å²) in [6, 6.07) is 16.7. The van der Waals surface area contributed by atoms with Crippen LogP contribution < -0.4 is 16.0 Å². The molecule has 0 saturated heterocycles. The summed E-state index contributed by atoms with van der Waals surface area (Å²) in [6.45, 7) is 0.654. The predicted molar refractivity (Wildman–Crippen MR) is 122 cm³/mol. The fraction of sp³-hybridized carbons (Fsp3) is 0.227. The fourth-order valence-electron chi connectivity index (χ4n) is 2.80. The standard InChI is InChI=1S/C22H23ClN4O2S/c23-17-9-4-10-18(14-17)25-21(29)27-22-26-19(15-30-22)11-12-20(28)24-13-5-8-16-6-2-1-3-7-16/h1-4,6-7,9-10,14-15H,5,8,11-13H2,(H,24,28)(H2,25,26,27,29). The molecular weight excluding hydrogens is 420 g/mol. The smallest absolute Gasteiger partial charge is 0.325 e. The van der Waals surface area contributed by atoms with Gasteiger partial charge in [-0.15, -0.1) is 11.3 Å². The molecule has 0 aliphatic rings. The molecule has 0 saturated carbocycles. The molecule has 0 aliphatic carbocycles. The van der Waals surface area contributed by atoms with Crippen molar-refractivity contribution >= 4 is 45.7 Å². The number of urea groups is 1. The fourth-order valence-corrected chi connectivity index (χ4v) is 3.73. The SMILES string of the molecule is O=C(CCc1csc(NC(=O)Nc2cccc(Cl)c2)n1)NCCCc1ccccc1. The van der Waals surface area contributed by atoms with Gasteiger partial charge in [-0.05, 0) is 43.0 Å². The highest BCUT2D eigenvalue weighted by Gasteiger charge is 2.09. The van der Waals surface area contributed by atoms with E-state index in [0.29, 0.717) is 35.2 Å². The molecule has 0 spiro atoms. The first-order valence-corrected chi connectivity index (χ1v) is 10.9. The summed E-state index contributed by atoms with van der Waals surface area (Å²) >= 11 is 7.23. The lowest BCUT2D eigenvalue weighted by atomic mass is 10.1. The number of anilines is 2. The van der Waals surface area contributed by atoms with E-state index in [0.717, 1.165) is 18.5 Å². The maximum atomic E-state index is 12.1. The van der Waals surface area contributed by atoms with Gasteiger partial charge in [0.1, 0.15) is 0 Å². The molecule has 6 nitrogen and oxygen atoms in total. The number of carbonyl (C=O) groups is 2. The highest BCUT2D eigenvalue weighted by molar-refractivity contribution is 7.13. The van der Waals surface area contributed by atoms with Crippen molar-refractivity contribution in [1.29, 1.82) is 0 Å². The first-order valence-electron chi connectivity index (χ1n) is 9.67. The molecule has 0 bridgehead atoms. The number of amides is 3. The zero-order valence-corrected chi connectivity index (χ0v) is 17.9. The van der Waals surface area contributed by atoms with Gasteiger partial charge in [0.15, 0.2) is 5.13 Å². The number of halogens is 1. The number of hydrogen-bond donors (Lipinski definition) is 3. The van der Waals surface area contributed by atoms with Crippen LogP contribution in [0, 0.1) is 0 Å². The van der Waals surface area contributed by atoms with E-state index in [9.17, 15) is 9.59 Å². The average Bonchev–Trinajstić information content (AvgIpc) is 3.17. The lowest BCUT2D eigenvalue weighted by molar-refractivity contribution is -0.121. The highest BCUT2D eigenvalue weighted by Crippen LogP contribution is 2.18. The maximum absolute atomic E-state index is 12.1. The van der Waals surface area contributed by atoms with Crippen molar-refractivity contribution in [3.63, 3.8) is 0 Å².